The number of rotatable bonds is 6. The third kappa shape index (κ3) is 4.83. The van der Waals surface area contributed by atoms with Gasteiger partial charge in [0, 0.05) is 17.7 Å². The summed E-state index contributed by atoms with van der Waals surface area (Å²) < 4.78 is 5.31. The second-order valence-corrected chi connectivity index (χ2v) is 6.61. The van der Waals surface area contributed by atoms with Gasteiger partial charge < -0.3 is 15.4 Å². The Kier molecular flexibility index (Phi) is 6.07. The Hall–Kier alpha value is -2.33. The van der Waals surface area contributed by atoms with E-state index >= 15 is 0 Å². The van der Waals surface area contributed by atoms with Gasteiger partial charge in [-0.05, 0) is 62.0 Å². The number of carbonyl (C=O) groups excluding carboxylic acids is 1. The highest BCUT2D eigenvalue weighted by molar-refractivity contribution is 5.94. The van der Waals surface area contributed by atoms with Crippen LogP contribution in [0.1, 0.15) is 34.3 Å². The van der Waals surface area contributed by atoms with Crippen LogP contribution in [-0.2, 0) is 13.0 Å². The van der Waals surface area contributed by atoms with Gasteiger partial charge >= 0.3 is 0 Å². The number of nitrogens with one attached hydrogen (secondary N) is 2. The molecule has 1 amide bonds. The smallest absolute Gasteiger partial charge is 0.251 e. The van der Waals surface area contributed by atoms with E-state index in [-0.39, 0.29) is 5.91 Å². The van der Waals surface area contributed by atoms with E-state index in [9.17, 15) is 4.79 Å². The topological polar surface area (TPSA) is 50.4 Å². The number of hydrogen-bond acceptors (Lipinski definition) is 3. The zero-order chi connectivity index (χ0) is 17.5. The SMILES string of the molecule is COc1ccccc1CNC(=O)c1ccc(CC2CCCNC2)cc1. The molecule has 1 heterocycles. The van der Waals surface area contributed by atoms with Gasteiger partial charge in [0.1, 0.15) is 5.75 Å². The molecule has 4 nitrogen and oxygen atoms in total. The third-order valence-electron chi connectivity index (χ3n) is 4.77. The summed E-state index contributed by atoms with van der Waals surface area (Å²) >= 11 is 0. The van der Waals surface area contributed by atoms with E-state index in [0.717, 1.165) is 30.8 Å². The van der Waals surface area contributed by atoms with Crippen molar-refractivity contribution in [2.75, 3.05) is 20.2 Å². The van der Waals surface area contributed by atoms with Crippen LogP contribution in [0.5, 0.6) is 5.75 Å². The van der Waals surface area contributed by atoms with Crippen LogP contribution >= 0.6 is 0 Å². The molecule has 0 aliphatic carbocycles. The summed E-state index contributed by atoms with van der Waals surface area (Å²) in [6.45, 7) is 2.70. The Labute approximate surface area is 149 Å². The van der Waals surface area contributed by atoms with Gasteiger partial charge in [-0.3, -0.25) is 4.79 Å². The van der Waals surface area contributed by atoms with Gasteiger partial charge in [0.15, 0.2) is 0 Å². The molecule has 1 fully saturated rings. The lowest BCUT2D eigenvalue weighted by Gasteiger charge is -2.22. The molecule has 1 unspecified atom stereocenters. The van der Waals surface area contributed by atoms with E-state index in [4.69, 9.17) is 4.74 Å². The van der Waals surface area contributed by atoms with E-state index in [1.54, 1.807) is 7.11 Å². The monoisotopic (exact) mass is 338 g/mol. The molecule has 1 aliphatic rings. The summed E-state index contributed by atoms with van der Waals surface area (Å²) in [5.74, 6) is 1.44. The van der Waals surface area contributed by atoms with Crippen molar-refractivity contribution in [3.63, 3.8) is 0 Å². The summed E-state index contributed by atoms with van der Waals surface area (Å²) in [5.41, 5.74) is 2.97. The number of piperidine rings is 1. The Morgan fingerprint density at radius 3 is 2.72 bits per heavy atom. The van der Waals surface area contributed by atoms with E-state index in [2.05, 4.69) is 22.8 Å². The first-order chi connectivity index (χ1) is 12.3. The zero-order valence-corrected chi connectivity index (χ0v) is 14.8. The predicted molar refractivity (Wildman–Crippen MR) is 99.9 cm³/mol. The standard InChI is InChI=1S/C21H26N2O2/c1-25-20-7-3-2-6-19(20)15-23-21(24)18-10-8-16(9-11-18)13-17-5-4-12-22-14-17/h2-3,6-11,17,22H,4-5,12-15H2,1H3,(H,23,24). The van der Waals surface area contributed by atoms with Crippen LogP contribution in [0, 0.1) is 5.92 Å². The highest BCUT2D eigenvalue weighted by atomic mass is 16.5. The third-order valence-corrected chi connectivity index (χ3v) is 4.77. The molecule has 1 aliphatic heterocycles. The van der Waals surface area contributed by atoms with Crippen molar-refractivity contribution in [2.24, 2.45) is 5.92 Å². The largest absolute Gasteiger partial charge is 0.496 e. The summed E-state index contributed by atoms with van der Waals surface area (Å²) in [7, 11) is 1.64. The van der Waals surface area contributed by atoms with Gasteiger partial charge in [-0.1, -0.05) is 30.3 Å². The fourth-order valence-corrected chi connectivity index (χ4v) is 3.35. The lowest BCUT2D eigenvalue weighted by atomic mass is 9.92. The number of hydrogen-bond donors (Lipinski definition) is 2. The van der Waals surface area contributed by atoms with E-state index < -0.39 is 0 Å². The average molecular weight is 338 g/mol. The zero-order valence-electron chi connectivity index (χ0n) is 14.8. The summed E-state index contributed by atoms with van der Waals surface area (Å²) in [6, 6.07) is 15.7. The fourth-order valence-electron chi connectivity index (χ4n) is 3.35. The molecule has 1 atom stereocenters. The maximum Gasteiger partial charge on any atom is 0.251 e. The quantitative estimate of drug-likeness (QED) is 0.851. The van der Waals surface area contributed by atoms with Gasteiger partial charge in [-0.25, -0.2) is 0 Å². The van der Waals surface area contributed by atoms with Crippen LogP contribution in [0.4, 0.5) is 0 Å². The predicted octanol–water partition coefficient (Wildman–Crippen LogP) is 3.17. The van der Waals surface area contributed by atoms with Crippen LogP contribution in [0.25, 0.3) is 0 Å². The Balaban J connectivity index is 1.55. The van der Waals surface area contributed by atoms with Gasteiger partial charge in [0.2, 0.25) is 0 Å². The molecule has 0 saturated carbocycles. The Morgan fingerprint density at radius 1 is 1.20 bits per heavy atom. The highest BCUT2D eigenvalue weighted by Gasteiger charge is 2.14. The summed E-state index contributed by atoms with van der Waals surface area (Å²) in [4.78, 5) is 12.4. The lowest BCUT2D eigenvalue weighted by Crippen LogP contribution is -2.30. The molecule has 0 spiro atoms. The van der Waals surface area contributed by atoms with Crippen molar-refractivity contribution in [2.45, 2.75) is 25.8 Å². The second-order valence-electron chi connectivity index (χ2n) is 6.61. The van der Waals surface area contributed by atoms with Crippen LogP contribution in [0.2, 0.25) is 0 Å². The number of methoxy groups -OCH3 is 1. The van der Waals surface area contributed by atoms with Gasteiger partial charge in [0.25, 0.3) is 5.91 Å². The first-order valence-corrected chi connectivity index (χ1v) is 8.96. The molecular formula is C21H26N2O2. The first-order valence-electron chi connectivity index (χ1n) is 8.96. The molecule has 4 heteroatoms. The minimum Gasteiger partial charge on any atom is -0.496 e. The van der Waals surface area contributed by atoms with Gasteiger partial charge in [0.05, 0.1) is 7.11 Å². The second kappa shape index (κ2) is 8.67. The molecule has 0 aromatic heterocycles. The van der Waals surface area contributed by atoms with Crippen molar-refractivity contribution >= 4 is 5.91 Å². The Bertz CT molecular complexity index is 691. The summed E-state index contributed by atoms with van der Waals surface area (Å²) in [5, 5.41) is 6.41. The minimum atomic E-state index is -0.0585. The molecule has 1 saturated heterocycles. The Morgan fingerprint density at radius 2 is 2.00 bits per heavy atom. The molecule has 0 bridgehead atoms. The molecule has 2 aromatic carbocycles. The van der Waals surface area contributed by atoms with Crippen LogP contribution < -0.4 is 15.4 Å². The molecule has 2 N–H and O–H groups in total. The van der Waals surface area contributed by atoms with Crippen LogP contribution in [-0.4, -0.2) is 26.1 Å². The molecule has 25 heavy (non-hydrogen) atoms. The van der Waals surface area contributed by atoms with Crippen LogP contribution in [0.15, 0.2) is 48.5 Å². The van der Waals surface area contributed by atoms with E-state index in [0.29, 0.717) is 18.0 Å². The first kappa shape index (κ1) is 17.5. The fraction of sp³-hybridized carbons (Fsp3) is 0.381. The van der Waals surface area contributed by atoms with Crippen molar-refractivity contribution in [1.82, 2.24) is 10.6 Å². The van der Waals surface area contributed by atoms with Crippen molar-refractivity contribution in [3.8, 4) is 5.75 Å². The number of ether oxygens (including phenoxy) is 1. The highest BCUT2D eigenvalue weighted by Crippen LogP contribution is 2.18. The number of amides is 1. The minimum absolute atomic E-state index is 0.0585. The molecule has 2 aromatic rings. The molecule has 132 valence electrons. The van der Waals surface area contributed by atoms with Crippen LogP contribution in [0.3, 0.4) is 0 Å². The molecular weight excluding hydrogens is 312 g/mol. The van der Waals surface area contributed by atoms with Crippen molar-refractivity contribution in [1.29, 1.82) is 0 Å². The van der Waals surface area contributed by atoms with Crippen molar-refractivity contribution in [3.05, 3.63) is 65.2 Å². The summed E-state index contributed by atoms with van der Waals surface area (Å²) in [6.07, 6.45) is 3.62. The maximum absolute atomic E-state index is 12.4. The maximum atomic E-state index is 12.4. The average Bonchev–Trinajstić information content (AvgIpc) is 2.67. The van der Waals surface area contributed by atoms with E-state index in [1.807, 2.05) is 36.4 Å². The lowest BCUT2D eigenvalue weighted by molar-refractivity contribution is 0.0950. The number of carbonyl (C=O) groups is 1. The normalized spacial score (nSPS) is 17.1. The molecule has 0 radical (unpaired) electrons. The van der Waals surface area contributed by atoms with Gasteiger partial charge in [-0.2, -0.15) is 0 Å². The van der Waals surface area contributed by atoms with Gasteiger partial charge in [-0.15, -0.1) is 0 Å². The number of benzene rings is 2. The van der Waals surface area contributed by atoms with E-state index in [1.165, 1.54) is 18.4 Å². The van der Waals surface area contributed by atoms with Crippen molar-refractivity contribution < 1.29 is 9.53 Å². The number of para-hydroxylation sites is 1. The molecule has 3 rings (SSSR count).